The van der Waals surface area contributed by atoms with Crippen LogP contribution in [0, 0.1) is 5.92 Å². The molecule has 0 radical (unpaired) electrons. The minimum atomic E-state index is 0.365. The number of nitrogens with zero attached hydrogens (tertiary/aromatic N) is 1. The second-order valence-electron chi connectivity index (χ2n) is 6.01. The molecule has 0 spiro atoms. The Kier molecular flexibility index (Phi) is 8.58. The molecule has 0 aliphatic heterocycles. The highest BCUT2D eigenvalue weighted by atomic mass is 16.5. The normalized spacial score (nSPS) is 14.6. The smallest absolute Gasteiger partial charge is 0.0480 e. The van der Waals surface area contributed by atoms with Crippen molar-refractivity contribution in [2.45, 2.75) is 39.3 Å². The Bertz CT molecular complexity index is 367. The zero-order chi connectivity index (χ0) is 15.7. The molecule has 3 nitrogen and oxygen atoms in total. The van der Waals surface area contributed by atoms with Crippen molar-refractivity contribution in [1.82, 2.24) is 10.2 Å². The van der Waals surface area contributed by atoms with Crippen LogP contribution >= 0.6 is 0 Å². The number of hydrogen-bond donors (Lipinski definition) is 1. The van der Waals surface area contributed by atoms with E-state index in [-0.39, 0.29) is 0 Å². The van der Waals surface area contributed by atoms with Crippen molar-refractivity contribution in [2.24, 2.45) is 5.92 Å². The van der Waals surface area contributed by atoms with Gasteiger partial charge in [0.15, 0.2) is 0 Å². The zero-order valence-electron chi connectivity index (χ0n) is 14.3. The maximum Gasteiger partial charge on any atom is 0.0480 e. The highest BCUT2D eigenvalue weighted by Gasteiger charge is 2.28. The van der Waals surface area contributed by atoms with Gasteiger partial charge in [-0.2, -0.15) is 0 Å². The average Bonchev–Trinajstić information content (AvgIpc) is 2.47. The number of ether oxygens (including phenoxy) is 1. The number of nitrogens with one attached hydrogen (secondary N) is 1. The van der Waals surface area contributed by atoms with Crippen molar-refractivity contribution < 1.29 is 4.74 Å². The summed E-state index contributed by atoms with van der Waals surface area (Å²) in [5.41, 5.74) is 1.37. The van der Waals surface area contributed by atoms with E-state index in [9.17, 15) is 0 Å². The molecule has 1 aromatic rings. The first-order valence-corrected chi connectivity index (χ1v) is 8.09. The van der Waals surface area contributed by atoms with Crippen molar-refractivity contribution in [2.75, 3.05) is 33.9 Å². The van der Waals surface area contributed by atoms with E-state index in [4.69, 9.17) is 4.74 Å². The highest BCUT2D eigenvalue weighted by Crippen LogP contribution is 2.26. The molecule has 3 heteroatoms. The fraction of sp³-hybridized carbons (Fsp3) is 0.667. The number of likely N-dealkylation sites (N-methyl/N-ethyl adjacent to an activating group) is 2. The van der Waals surface area contributed by atoms with Gasteiger partial charge in [0, 0.05) is 32.3 Å². The predicted molar refractivity (Wildman–Crippen MR) is 90.6 cm³/mol. The number of hydrogen-bond acceptors (Lipinski definition) is 3. The lowest BCUT2D eigenvalue weighted by Gasteiger charge is -2.38. The van der Waals surface area contributed by atoms with Crippen molar-refractivity contribution in [1.29, 1.82) is 0 Å². The number of benzene rings is 1. The Morgan fingerprint density at radius 1 is 1.19 bits per heavy atom. The minimum Gasteiger partial charge on any atom is -0.385 e. The summed E-state index contributed by atoms with van der Waals surface area (Å²) >= 11 is 0. The fourth-order valence-corrected chi connectivity index (χ4v) is 3.07. The molecule has 21 heavy (non-hydrogen) atoms. The second-order valence-corrected chi connectivity index (χ2v) is 6.01. The summed E-state index contributed by atoms with van der Waals surface area (Å²) in [5.74, 6) is 0.585. The van der Waals surface area contributed by atoms with Crippen LogP contribution in [0.4, 0.5) is 0 Å². The minimum absolute atomic E-state index is 0.365. The molecule has 0 amide bonds. The van der Waals surface area contributed by atoms with Gasteiger partial charge in [0.1, 0.15) is 0 Å². The van der Waals surface area contributed by atoms with Gasteiger partial charge in [0.2, 0.25) is 0 Å². The van der Waals surface area contributed by atoms with Crippen LogP contribution in [0.5, 0.6) is 0 Å². The van der Waals surface area contributed by atoms with Crippen LogP contribution < -0.4 is 5.32 Å². The van der Waals surface area contributed by atoms with E-state index in [1.54, 1.807) is 7.11 Å². The Morgan fingerprint density at radius 2 is 1.86 bits per heavy atom. The first-order valence-electron chi connectivity index (χ1n) is 8.09. The summed E-state index contributed by atoms with van der Waals surface area (Å²) in [4.78, 5) is 2.48. The summed E-state index contributed by atoms with van der Waals surface area (Å²) in [6.07, 6.45) is 1.07. The van der Waals surface area contributed by atoms with Gasteiger partial charge in [-0.05, 0) is 31.5 Å². The van der Waals surface area contributed by atoms with Gasteiger partial charge in [0.05, 0.1) is 0 Å². The lowest BCUT2D eigenvalue weighted by molar-refractivity contribution is 0.124. The molecule has 0 saturated heterocycles. The SMILES string of the molecule is CCNC(c1ccccc1)C(C(C)C)N(C)CCCOC. The molecule has 0 heterocycles. The van der Waals surface area contributed by atoms with Crippen LogP contribution in [-0.2, 0) is 4.74 Å². The molecule has 1 rings (SSSR count). The molecule has 2 atom stereocenters. The number of rotatable bonds is 10. The maximum atomic E-state index is 5.18. The Hall–Kier alpha value is -0.900. The van der Waals surface area contributed by atoms with Crippen LogP contribution in [0.2, 0.25) is 0 Å². The first kappa shape index (κ1) is 18.1. The maximum absolute atomic E-state index is 5.18. The molecule has 0 aromatic heterocycles. The van der Waals surface area contributed by atoms with Gasteiger partial charge in [-0.25, -0.2) is 0 Å². The summed E-state index contributed by atoms with van der Waals surface area (Å²) in [7, 11) is 4.00. The van der Waals surface area contributed by atoms with Crippen molar-refractivity contribution >= 4 is 0 Å². The van der Waals surface area contributed by atoms with Gasteiger partial charge in [0.25, 0.3) is 0 Å². The van der Waals surface area contributed by atoms with Gasteiger partial charge >= 0.3 is 0 Å². The van der Waals surface area contributed by atoms with Crippen LogP contribution in [0.15, 0.2) is 30.3 Å². The third kappa shape index (κ3) is 5.77. The summed E-state index contributed by atoms with van der Waals surface area (Å²) in [6, 6.07) is 11.6. The highest BCUT2D eigenvalue weighted by molar-refractivity contribution is 5.21. The fourth-order valence-electron chi connectivity index (χ4n) is 3.07. The second kappa shape index (κ2) is 9.93. The van der Waals surface area contributed by atoms with E-state index in [0.717, 1.165) is 26.1 Å². The first-order chi connectivity index (χ1) is 10.1. The molecule has 0 aliphatic rings. The molecule has 1 N–H and O–H groups in total. The van der Waals surface area contributed by atoms with E-state index >= 15 is 0 Å². The van der Waals surface area contributed by atoms with E-state index in [1.807, 2.05) is 0 Å². The Labute approximate surface area is 130 Å². The lowest BCUT2D eigenvalue weighted by atomic mass is 9.89. The Balaban J connectivity index is 2.87. The van der Waals surface area contributed by atoms with Crippen LogP contribution in [0.1, 0.15) is 38.8 Å². The average molecular weight is 292 g/mol. The van der Waals surface area contributed by atoms with Crippen LogP contribution in [0.25, 0.3) is 0 Å². The molecule has 0 fully saturated rings. The zero-order valence-corrected chi connectivity index (χ0v) is 14.3. The third-order valence-electron chi connectivity index (χ3n) is 3.98. The molecular weight excluding hydrogens is 260 g/mol. The van der Waals surface area contributed by atoms with Gasteiger partial charge in [-0.3, -0.25) is 0 Å². The molecular formula is C18H32N2O. The monoisotopic (exact) mass is 292 g/mol. The molecule has 0 bridgehead atoms. The van der Waals surface area contributed by atoms with Crippen molar-refractivity contribution in [3.8, 4) is 0 Å². The molecule has 120 valence electrons. The number of methoxy groups -OCH3 is 1. The largest absolute Gasteiger partial charge is 0.385 e. The lowest BCUT2D eigenvalue weighted by Crippen LogP contribution is -2.46. The van der Waals surface area contributed by atoms with Crippen molar-refractivity contribution in [3.05, 3.63) is 35.9 Å². The van der Waals surface area contributed by atoms with Crippen molar-refractivity contribution in [3.63, 3.8) is 0 Å². The molecule has 1 aromatic carbocycles. The predicted octanol–water partition coefficient (Wildman–Crippen LogP) is 3.33. The standard InChI is InChI=1S/C18H32N2O/c1-6-19-17(16-11-8-7-9-12-16)18(15(2)3)20(4)13-10-14-21-5/h7-9,11-12,15,17-19H,6,10,13-14H2,1-5H3. The van der Waals surface area contributed by atoms with E-state index in [2.05, 4.69) is 68.4 Å². The Morgan fingerprint density at radius 3 is 2.38 bits per heavy atom. The molecule has 0 saturated carbocycles. The molecule has 0 aliphatic carbocycles. The summed E-state index contributed by atoms with van der Waals surface area (Å²) in [5, 5.41) is 3.68. The molecule has 2 unspecified atom stereocenters. The van der Waals surface area contributed by atoms with Gasteiger partial charge in [-0.15, -0.1) is 0 Å². The quantitative estimate of drug-likeness (QED) is 0.669. The topological polar surface area (TPSA) is 24.5 Å². The summed E-state index contributed by atoms with van der Waals surface area (Å²) < 4.78 is 5.18. The van der Waals surface area contributed by atoms with E-state index in [0.29, 0.717) is 18.0 Å². The van der Waals surface area contributed by atoms with E-state index in [1.165, 1.54) is 5.56 Å². The van der Waals surface area contributed by atoms with Gasteiger partial charge in [-0.1, -0.05) is 51.1 Å². The van der Waals surface area contributed by atoms with E-state index < -0.39 is 0 Å². The van der Waals surface area contributed by atoms with Crippen LogP contribution in [0.3, 0.4) is 0 Å². The third-order valence-corrected chi connectivity index (χ3v) is 3.98. The summed E-state index contributed by atoms with van der Waals surface area (Å²) in [6.45, 7) is 9.67. The van der Waals surface area contributed by atoms with Crippen LogP contribution in [-0.4, -0.2) is 44.8 Å². The van der Waals surface area contributed by atoms with Gasteiger partial charge < -0.3 is 15.0 Å².